The van der Waals surface area contributed by atoms with Gasteiger partial charge in [0.2, 0.25) is 5.91 Å². The summed E-state index contributed by atoms with van der Waals surface area (Å²) in [5.41, 5.74) is 1.82. The lowest BCUT2D eigenvalue weighted by atomic mass is 10.2. The Kier molecular flexibility index (Phi) is 5.15. The van der Waals surface area contributed by atoms with E-state index in [0.717, 1.165) is 17.5 Å². The highest BCUT2D eigenvalue weighted by atomic mass is 32.2. The van der Waals surface area contributed by atoms with E-state index in [1.165, 1.54) is 11.8 Å². The van der Waals surface area contributed by atoms with Gasteiger partial charge in [-0.1, -0.05) is 30.8 Å². The number of carbonyl (C=O) groups excluding carboxylic acids is 1. The topological polar surface area (TPSA) is 83.1 Å². The molecule has 3 rings (SSSR count). The van der Waals surface area contributed by atoms with Gasteiger partial charge in [0.15, 0.2) is 15.0 Å². The Morgan fingerprint density at radius 1 is 1.42 bits per heavy atom. The summed E-state index contributed by atoms with van der Waals surface area (Å²) in [5, 5.41) is 0.708. The second kappa shape index (κ2) is 7.14. The molecule has 1 saturated heterocycles. The summed E-state index contributed by atoms with van der Waals surface area (Å²) < 4.78 is 23.4. The number of amides is 1. The third-order valence-corrected chi connectivity index (χ3v) is 6.74. The minimum atomic E-state index is -3.00. The van der Waals surface area contributed by atoms with Crippen molar-refractivity contribution in [1.29, 1.82) is 0 Å². The molecule has 1 aliphatic rings. The Bertz CT molecular complexity index is 799. The third-order valence-electron chi connectivity index (χ3n) is 4.13. The van der Waals surface area contributed by atoms with Crippen molar-refractivity contribution in [3.8, 4) is 0 Å². The number of nitrogens with one attached hydrogen (secondary N) is 1. The molecular formula is C16H21N3O3S2. The number of rotatable bonds is 6. The van der Waals surface area contributed by atoms with Gasteiger partial charge in [-0.15, -0.1) is 0 Å². The summed E-state index contributed by atoms with van der Waals surface area (Å²) in [4.78, 5) is 22.0. The van der Waals surface area contributed by atoms with E-state index >= 15 is 0 Å². The number of sulfone groups is 1. The largest absolute Gasteiger partial charge is 0.338 e. The lowest BCUT2D eigenvalue weighted by Crippen LogP contribution is -2.42. The number of carbonyl (C=O) groups is 1. The maximum Gasteiger partial charge on any atom is 0.233 e. The van der Waals surface area contributed by atoms with Gasteiger partial charge >= 0.3 is 0 Å². The molecule has 24 heavy (non-hydrogen) atoms. The maximum absolute atomic E-state index is 12.6. The van der Waals surface area contributed by atoms with Gasteiger partial charge in [-0.05, 0) is 25.0 Å². The van der Waals surface area contributed by atoms with E-state index in [1.807, 2.05) is 31.2 Å². The van der Waals surface area contributed by atoms with E-state index in [2.05, 4.69) is 9.97 Å². The molecule has 130 valence electrons. The number of hydrogen-bond acceptors (Lipinski definition) is 5. The van der Waals surface area contributed by atoms with E-state index < -0.39 is 9.84 Å². The number of H-pyrrole nitrogens is 1. The average Bonchev–Trinajstić information content (AvgIpc) is 3.12. The van der Waals surface area contributed by atoms with Crippen LogP contribution in [0, 0.1) is 0 Å². The lowest BCUT2D eigenvalue weighted by Gasteiger charge is -2.27. The maximum atomic E-state index is 12.6. The van der Waals surface area contributed by atoms with Crippen molar-refractivity contribution in [2.75, 3.05) is 23.8 Å². The number of aromatic nitrogens is 2. The molecule has 2 heterocycles. The number of benzene rings is 1. The summed E-state index contributed by atoms with van der Waals surface area (Å²) in [6.45, 7) is 2.59. The number of fused-ring (bicyclic) bond motifs is 1. The van der Waals surface area contributed by atoms with Crippen LogP contribution in [0.4, 0.5) is 0 Å². The molecular weight excluding hydrogens is 346 g/mol. The fraction of sp³-hybridized carbons (Fsp3) is 0.500. The molecule has 1 unspecified atom stereocenters. The zero-order valence-corrected chi connectivity index (χ0v) is 15.2. The van der Waals surface area contributed by atoms with Crippen LogP contribution in [-0.4, -0.2) is 59.0 Å². The average molecular weight is 367 g/mol. The van der Waals surface area contributed by atoms with Crippen molar-refractivity contribution in [2.24, 2.45) is 0 Å². The first-order valence-electron chi connectivity index (χ1n) is 8.06. The highest BCUT2D eigenvalue weighted by Gasteiger charge is 2.34. The minimum absolute atomic E-state index is 0.0237. The molecule has 1 aromatic heterocycles. The molecule has 6 nitrogen and oxygen atoms in total. The van der Waals surface area contributed by atoms with Gasteiger partial charge in [-0.25, -0.2) is 13.4 Å². The zero-order chi connectivity index (χ0) is 17.2. The predicted molar refractivity (Wildman–Crippen MR) is 95.9 cm³/mol. The second-order valence-electron chi connectivity index (χ2n) is 5.99. The van der Waals surface area contributed by atoms with E-state index in [4.69, 9.17) is 0 Å². The van der Waals surface area contributed by atoms with Gasteiger partial charge in [-0.3, -0.25) is 4.79 Å². The summed E-state index contributed by atoms with van der Waals surface area (Å²) >= 11 is 1.36. The van der Waals surface area contributed by atoms with Gasteiger partial charge in [-0.2, -0.15) is 0 Å². The molecule has 0 spiro atoms. The summed E-state index contributed by atoms with van der Waals surface area (Å²) in [5.74, 6) is 0.510. The Morgan fingerprint density at radius 3 is 2.88 bits per heavy atom. The number of thioether (sulfide) groups is 1. The van der Waals surface area contributed by atoms with E-state index in [9.17, 15) is 13.2 Å². The van der Waals surface area contributed by atoms with Crippen LogP contribution < -0.4 is 0 Å². The SMILES string of the molecule is CCCN(C(=O)CSc1nc2ccccc2[nH]1)C1CCS(=O)(=O)C1. The molecule has 1 fully saturated rings. The van der Waals surface area contributed by atoms with Gasteiger partial charge < -0.3 is 9.88 Å². The summed E-state index contributed by atoms with van der Waals surface area (Å²) in [6.07, 6.45) is 1.36. The van der Waals surface area contributed by atoms with Crippen LogP contribution in [0.2, 0.25) is 0 Å². The van der Waals surface area contributed by atoms with Crippen molar-refractivity contribution in [3.63, 3.8) is 0 Å². The second-order valence-corrected chi connectivity index (χ2v) is 9.18. The van der Waals surface area contributed by atoms with Gasteiger partial charge in [0.25, 0.3) is 0 Å². The first kappa shape index (κ1) is 17.3. The molecule has 1 aromatic carbocycles. The number of hydrogen-bond donors (Lipinski definition) is 1. The van der Waals surface area contributed by atoms with Crippen molar-refractivity contribution in [2.45, 2.75) is 31.0 Å². The highest BCUT2D eigenvalue weighted by Crippen LogP contribution is 2.22. The third kappa shape index (κ3) is 3.92. The molecule has 2 aromatic rings. The zero-order valence-electron chi connectivity index (χ0n) is 13.6. The van der Waals surface area contributed by atoms with Gasteiger partial charge in [0.1, 0.15) is 0 Å². The molecule has 1 N–H and O–H groups in total. The van der Waals surface area contributed by atoms with Crippen molar-refractivity contribution >= 4 is 38.5 Å². The Hall–Kier alpha value is -1.54. The molecule has 1 aliphatic heterocycles. The van der Waals surface area contributed by atoms with Crippen LogP contribution >= 0.6 is 11.8 Å². The summed E-state index contributed by atoms with van der Waals surface area (Å²) in [6, 6.07) is 7.54. The van der Waals surface area contributed by atoms with Gasteiger partial charge in [0.05, 0.1) is 28.3 Å². The quantitative estimate of drug-likeness (QED) is 0.791. The normalized spacial score (nSPS) is 19.6. The Balaban J connectivity index is 1.65. The van der Waals surface area contributed by atoms with Crippen molar-refractivity contribution in [1.82, 2.24) is 14.9 Å². The molecule has 0 aliphatic carbocycles. The number of nitrogens with zero attached hydrogens (tertiary/aromatic N) is 2. The first-order chi connectivity index (χ1) is 11.5. The molecule has 0 radical (unpaired) electrons. The molecule has 0 saturated carbocycles. The lowest BCUT2D eigenvalue weighted by molar-refractivity contribution is -0.130. The number of aromatic amines is 1. The standard InChI is InChI=1S/C16H21N3O3S2/c1-2-8-19(12-7-9-24(21,22)11-12)15(20)10-23-16-17-13-5-3-4-6-14(13)18-16/h3-6,12H,2,7-11H2,1H3,(H,17,18). The fourth-order valence-corrected chi connectivity index (χ4v) is 5.49. The fourth-order valence-electron chi connectivity index (χ4n) is 2.98. The number of para-hydroxylation sites is 2. The Morgan fingerprint density at radius 2 is 2.21 bits per heavy atom. The summed E-state index contributed by atoms with van der Waals surface area (Å²) in [7, 11) is -3.00. The highest BCUT2D eigenvalue weighted by molar-refractivity contribution is 7.99. The van der Waals surface area contributed by atoms with E-state index in [0.29, 0.717) is 18.1 Å². The monoisotopic (exact) mass is 367 g/mol. The van der Waals surface area contributed by atoms with Crippen molar-refractivity contribution < 1.29 is 13.2 Å². The van der Waals surface area contributed by atoms with Crippen LogP contribution in [-0.2, 0) is 14.6 Å². The van der Waals surface area contributed by atoms with Crippen molar-refractivity contribution in [3.05, 3.63) is 24.3 Å². The van der Waals surface area contributed by atoms with Crippen LogP contribution in [0.3, 0.4) is 0 Å². The molecule has 1 atom stereocenters. The van der Waals surface area contributed by atoms with Gasteiger partial charge in [0, 0.05) is 12.6 Å². The predicted octanol–water partition coefficient (Wildman–Crippen LogP) is 2.08. The molecule has 8 heteroatoms. The Labute approximate surface area is 145 Å². The van der Waals surface area contributed by atoms with E-state index in [1.54, 1.807) is 4.90 Å². The smallest absolute Gasteiger partial charge is 0.233 e. The minimum Gasteiger partial charge on any atom is -0.338 e. The number of imidazole rings is 1. The van der Waals surface area contributed by atoms with Crippen LogP contribution in [0.25, 0.3) is 11.0 Å². The van der Waals surface area contributed by atoms with E-state index in [-0.39, 0.29) is 29.2 Å². The first-order valence-corrected chi connectivity index (χ1v) is 10.9. The molecule has 1 amide bonds. The van der Waals surface area contributed by atoms with Crippen LogP contribution in [0.1, 0.15) is 19.8 Å². The van der Waals surface area contributed by atoms with Crippen LogP contribution in [0.5, 0.6) is 0 Å². The van der Waals surface area contributed by atoms with Crippen LogP contribution in [0.15, 0.2) is 29.4 Å². The molecule has 0 bridgehead atoms.